The maximum absolute atomic E-state index is 12.3. The maximum atomic E-state index is 12.3. The molecule has 0 aromatic heterocycles. The number of hydrogen-bond acceptors (Lipinski definition) is 3. The van der Waals surface area contributed by atoms with Crippen molar-refractivity contribution in [1.29, 1.82) is 0 Å². The third-order valence-electron chi connectivity index (χ3n) is 5.65. The lowest BCUT2D eigenvalue weighted by molar-refractivity contribution is -0.124. The summed E-state index contributed by atoms with van der Waals surface area (Å²) in [6, 6.07) is 0. The van der Waals surface area contributed by atoms with Gasteiger partial charge < -0.3 is 15.1 Å². The van der Waals surface area contributed by atoms with Gasteiger partial charge >= 0.3 is 0 Å². The second-order valence-corrected chi connectivity index (χ2v) is 6.67. The zero-order chi connectivity index (χ0) is 15.5. The van der Waals surface area contributed by atoms with E-state index in [2.05, 4.69) is 6.92 Å². The Kier molecular flexibility index (Phi) is 3.15. The minimum Gasteiger partial charge on any atom is -0.390 e. The molecule has 0 bridgehead atoms. The molecule has 2 aliphatic carbocycles. The lowest BCUT2D eigenvalue weighted by Gasteiger charge is -2.47. The maximum Gasteiger partial charge on any atom is 0.254 e. The number of aliphatic hydroxyl groups is 2. The summed E-state index contributed by atoms with van der Waals surface area (Å²) in [6.07, 6.45) is 2.93. The summed E-state index contributed by atoms with van der Waals surface area (Å²) in [5, 5.41) is 20.2. The molecule has 1 heterocycles. The molecule has 4 nitrogen and oxygen atoms in total. The molecule has 21 heavy (non-hydrogen) atoms. The molecule has 1 amide bonds. The summed E-state index contributed by atoms with van der Waals surface area (Å²) in [5.74, 6) is 0.0201. The molecule has 0 fully saturated rings. The summed E-state index contributed by atoms with van der Waals surface area (Å²) in [5.41, 5.74) is 3.68. The molecule has 2 N–H and O–H groups in total. The van der Waals surface area contributed by atoms with Crippen LogP contribution in [0.4, 0.5) is 0 Å². The van der Waals surface area contributed by atoms with Gasteiger partial charge in [-0.3, -0.25) is 4.79 Å². The SMILES string of the molecule is CCN1C(=O)C(C)=C2C[C@@]3(C)C(=C[C@H](O)[C@H](O)[C@@H]3C)C=C21. The van der Waals surface area contributed by atoms with E-state index >= 15 is 0 Å². The first-order valence-corrected chi connectivity index (χ1v) is 7.63. The molecule has 3 rings (SSSR count). The van der Waals surface area contributed by atoms with E-state index in [-0.39, 0.29) is 17.2 Å². The van der Waals surface area contributed by atoms with Crippen LogP contribution in [-0.4, -0.2) is 39.8 Å². The predicted molar refractivity (Wildman–Crippen MR) is 80.2 cm³/mol. The van der Waals surface area contributed by atoms with Crippen molar-refractivity contribution in [2.45, 2.75) is 46.3 Å². The molecule has 4 heteroatoms. The van der Waals surface area contributed by atoms with Crippen molar-refractivity contribution >= 4 is 5.91 Å². The Bertz CT molecular complexity index is 601. The largest absolute Gasteiger partial charge is 0.390 e. The number of fused-ring (bicyclic) bond motifs is 2. The standard InChI is InChI=1S/C17H23NO3/c1-5-18-13-6-11-7-14(19)15(20)10(3)17(11,4)8-12(13)9(2)16(18)21/h6-7,10,14-15,19-20H,5,8H2,1-4H3/t10-,14-,15+,17+/m0/s1. The molecule has 114 valence electrons. The van der Waals surface area contributed by atoms with Crippen LogP contribution in [0.1, 0.15) is 34.1 Å². The number of carbonyl (C=O) groups excluding carboxylic acids is 1. The zero-order valence-electron chi connectivity index (χ0n) is 13.1. The Labute approximate surface area is 125 Å². The van der Waals surface area contributed by atoms with Crippen molar-refractivity contribution < 1.29 is 15.0 Å². The molecular weight excluding hydrogens is 266 g/mol. The highest BCUT2D eigenvalue weighted by Gasteiger charge is 2.49. The number of amides is 1. The van der Waals surface area contributed by atoms with Gasteiger partial charge in [0.15, 0.2) is 0 Å². The predicted octanol–water partition coefficient (Wildman–Crippen LogP) is 1.76. The van der Waals surface area contributed by atoms with Gasteiger partial charge in [0.2, 0.25) is 0 Å². The van der Waals surface area contributed by atoms with E-state index in [9.17, 15) is 15.0 Å². The van der Waals surface area contributed by atoms with E-state index in [1.807, 2.05) is 26.8 Å². The number of nitrogens with zero attached hydrogens (tertiary/aromatic N) is 1. The van der Waals surface area contributed by atoms with Crippen molar-refractivity contribution in [2.75, 3.05) is 6.54 Å². The van der Waals surface area contributed by atoms with Crippen molar-refractivity contribution in [3.8, 4) is 0 Å². The van der Waals surface area contributed by atoms with Crippen LogP contribution < -0.4 is 0 Å². The third-order valence-corrected chi connectivity index (χ3v) is 5.65. The second kappa shape index (κ2) is 4.55. The van der Waals surface area contributed by atoms with E-state index in [0.29, 0.717) is 6.54 Å². The molecule has 0 radical (unpaired) electrons. The highest BCUT2D eigenvalue weighted by atomic mass is 16.3. The fourth-order valence-corrected chi connectivity index (χ4v) is 3.90. The third kappa shape index (κ3) is 1.79. The van der Waals surface area contributed by atoms with E-state index in [1.54, 1.807) is 11.0 Å². The van der Waals surface area contributed by atoms with Gasteiger partial charge in [0.05, 0.1) is 12.2 Å². The molecule has 1 aliphatic heterocycles. The second-order valence-electron chi connectivity index (χ2n) is 6.67. The van der Waals surface area contributed by atoms with Crippen LogP contribution in [0.15, 0.2) is 34.6 Å². The van der Waals surface area contributed by atoms with Crippen molar-refractivity contribution in [3.63, 3.8) is 0 Å². The van der Waals surface area contributed by atoms with Crippen LogP contribution in [0, 0.1) is 11.3 Å². The molecule has 0 saturated carbocycles. The Morgan fingerprint density at radius 1 is 1.43 bits per heavy atom. The van der Waals surface area contributed by atoms with E-state index in [1.165, 1.54) is 0 Å². The van der Waals surface area contributed by atoms with E-state index in [0.717, 1.165) is 28.8 Å². The van der Waals surface area contributed by atoms with Crippen LogP contribution in [0.25, 0.3) is 0 Å². The molecule has 0 unspecified atom stereocenters. The molecule has 3 aliphatic rings. The molecular formula is C17H23NO3. The first-order chi connectivity index (χ1) is 9.81. The molecule has 0 spiro atoms. The van der Waals surface area contributed by atoms with E-state index < -0.39 is 12.2 Å². The van der Waals surface area contributed by atoms with Crippen LogP contribution in [-0.2, 0) is 4.79 Å². The fraction of sp³-hybridized carbons (Fsp3) is 0.588. The monoisotopic (exact) mass is 289 g/mol. The quantitative estimate of drug-likeness (QED) is 0.773. The summed E-state index contributed by atoms with van der Waals surface area (Å²) in [7, 11) is 0. The van der Waals surface area contributed by atoms with Gasteiger partial charge in [-0.25, -0.2) is 0 Å². The summed E-state index contributed by atoms with van der Waals surface area (Å²) in [4.78, 5) is 14.1. The minimum atomic E-state index is -0.835. The number of allylic oxidation sites excluding steroid dienone is 3. The number of aliphatic hydroxyl groups excluding tert-OH is 2. The molecule has 0 saturated heterocycles. The van der Waals surface area contributed by atoms with Gasteiger partial charge in [-0.15, -0.1) is 0 Å². The van der Waals surface area contributed by atoms with Crippen LogP contribution in [0.3, 0.4) is 0 Å². The van der Waals surface area contributed by atoms with Gasteiger partial charge in [-0.1, -0.05) is 13.8 Å². The summed E-state index contributed by atoms with van der Waals surface area (Å²) < 4.78 is 0. The van der Waals surface area contributed by atoms with E-state index in [4.69, 9.17) is 0 Å². The van der Waals surface area contributed by atoms with Crippen LogP contribution >= 0.6 is 0 Å². The zero-order valence-corrected chi connectivity index (χ0v) is 13.1. The highest BCUT2D eigenvalue weighted by molar-refractivity contribution is 6.00. The Hall–Kier alpha value is -1.39. The number of carbonyl (C=O) groups is 1. The summed E-state index contributed by atoms with van der Waals surface area (Å²) >= 11 is 0. The van der Waals surface area contributed by atoms with Gasteiger partial charge in [-0.05, 0) is 49.5 Å². The van der Waals surface area contributed by atoms with Gasteiger partial charge in [0.25, 0.3) is 5.91 Å². The minimum absolute atomic E-state index is 0.0589. The summed E-state index contributed by atoms with van der Waals surface area (Å²) in [6.45, 7) is 8.60. The normalized spacial score (nSPS) is 39.0. The number of hydrogen-bond donors (Lipinski definition) is 2. The van der Waals surface area contributed by atoms with Gasteiger partial charge in [0, 0.05) is 23.2 Å². The van der Waals surface area contributed by atoms with Crippen molar-refractivity contribution in [1.82, 2.24) is 4.90 Å². The first-order valence-electron chi connectivity index (χ1n) is 7.63. The van der Waals surface area contributed by atoms with Gasteiger partial charge in [0.1, 0.15) is 0 Å². The lowest BCUT2D eigenvalue weighted by Crippen LogP contribution is -2.47. The Morgan fingerprint density at radius 2 is 2.10 bits per heavy atom. The average molecular weight is 289 g/mol. The molecule has 4 atom stereocenters. The molecule has 0 aromatic carbocycles. The molecule has 0 aromatic rings. The highest BCUT2D eigenvalue weighted by Crippen LogP contribution is 2.53. The average Bonchev–Trinajstić information content (AvgIpc) is 2.68. The van der Waals surface area contributed by atoms with Crippen molar-refractivity contribution in [2.24, 2.45) is 11.3 Å². The lowest BCUT2D eigenvalue weighted by atomic mass is 9.60. The van der Waals surface area contributed by atoms with Gasteiger partial charge in [-0.2, -0.15) is 0 Å². The smallest absolute Gasteiger partial charge is 0.254 e. The van der Waals surface area contributed by atoms with Crippen molar-refractivity contribution in [3.05, 3.63) is 34.6 Å². The van der Waals surface area contributed by atoms with Crippen LogP contribution in [0.5, 0.6) is 0 Å². The fourth-order valence-electron chi connectivity index (χ4n) is 3.90. The Morgan fingerprint density at radius 3 is 2.71 bits per heavy atom. The topological polar surface area (TPSA) is 60.8 Å². The number of likely N-dealkylation sites (N-methyl/N-ethyl adjacent to an activating group) is 1. The Balaban J connectivity index is 2.16. The first kappa shape index (κ1) is 14.5. The van der Waals surface area contributed by atoms with Crippen LogP contribution in [0.2, 0.25) is 0 Å². The number of rotatable bonds is 1.